The summed E-state index contributed by atoms with van der Waals surface area (Å²) >= 11 is 0. The Hall–Kier alpha value is -2.01. The predicted octanol–water partition coefficient (Wildman–Crippen LogP) is 0.786. The Kier molecular flexibility index (Phi) is 2.68. The number of pyridine rings is 1. The first-order chi connectivity index (χ1) is 8.75. The molecule has 0 fully saturated rings. The van der Waals surface area contributed by atoms with Crippen LogP contribution in [0, 0.1) is 6.92 Å². The van der Waals surface area contributed by atoms with E-state index in [-0.39, 0.29) is 5.56 Å². The monoisotopic (exact) mass is 242 g/mol. The first-order valence-electron chi connectivity index (χ1n) is 5.99. The molecule has 3 heterocycles. The number of hydrogen-bond acceptors (Lipinski definition) is 4. The summed E-state index contributed by atoms with van der Waals surface area (Å²) in [5.41, 5.74) is 3.58. The van der Waals surface area contributed by atoms with Gasteiger partial charge in [-0.3, -0.25) is 9.78 Å². The molecule has 1 aliphatic heterocycles. The van der Waals surface area contributed by atoms with Gasteiger partial charge < -0.3 is 10.3 Å². The molecule has 0 saturated carbocycles. The van der Waals surface area contributed by atoms with Crippen LogP contribution in [-0.2, 0) is 13.0 Å². The highest BCUT2D eigenvalue weighted by Crippen LogP contribution is 2.18. The van der Waals surface area contributed by atoms with Crippen LogP contribution < -0.4 is 10.9 Å². The number of aromatic nitrogens is 3. The smallest absolute Gasteiger partial charge is 0.254 e. The number of hydrogen-bond donors (Lipinski definition) is 2. The van der Waals surface area contributed by atoms with Crippen molar-refractivity contribution in [2.45, 2.75) is 19.9 Å². The zero-order chi connectivity index (χ0) is 12.5. The Balaban J connectivity index is 2.17. The van der Waals surface area contributed by atoms with Gasteiger partial charge in [0.05, 0.1) is 5.69 Å². The molecule has 18 heavy (non-hydrogen) atoms. The second kappa shape index (κ2) is 4.34. The van der Waals surface area contributed by atoms with Crippen molar-refractivity contribution in [1.82, 2.24) is 20.3 Å². The summed E-state index contributed by atoms with van der Waals surface area (Å²) < 4.78 is 0. The molecule has 0 atom stereocenters. The van der Waals surface area contributed by atoms with E-state index >= 15 is 0 Å². The average molecular weight is 242 g/mol. The number of H-pyrrole nitrogens is 1. The van der Waals surface area contributed by atoms with E-state index in [9.17, 15) is 4.79 Å². The van der Waals surface area contributed by atoms with Crippen LogP contribution in [0.1, 0.15) is 16.8 Å². The first kappa shape index (κ1) is 11.1. The van der Waals surface area contributed by atoms with Gasteiger partial charge >= 0.3 is 0 Å². The molecule has 5 heteroatoms. The molecule has 2 aromatic rings. The van der Waals surface area contributed by atoms with Crippen LogP contribution in [0.25, 0.3) is 11.4 Å². The summed E-state index contributed by atoms with van der Waals surface area (Å²) in [5, 5.41) is 3.23. The van der Waals surface area contributed by atoms with E-state index in [1.807, 2.05) is 13.0 Å². The van der Waals surface area contributed by atoms with Crippen molar-refractivity contribution in [2.75, 3.05) is 6.54 Å². The maximum atomic E-state index is 12.0. The Bertz CT molecular complexity index is 648. The van der Waals surface area contributed by atoms with E-state index in [1.54, 1.807) is 12.4 Å². The van der Waals surface area contributed by atoms with E-state index in [4.69, 9.17) is 0 Å². The van der Waals surface area contributed by atoms with Gasteiger partial charge in [0.2, 0.25) is 0 Å². The molecule has 0 aromatic carbocycles. The topological polar surface area (TPSA) is 70.7 Å². The fourth-order valence-corrected chi connectivity index (χ4v) is 2.24. The molecular weight excluding hydrogens is 228 g/mol. The van der Waals surface area contributed by atoms with Gasteiger partial charge in [-0.1, -0.05) is 0 Å². The largest absolute Gasteiger partial charge is 0.311 e. The molecule has 0 radical (unpaired) electrons. The average Bonchev–Trinajstić information content (AvgIpc) is 2.39. The number of rotatable bonds is 1. The van der Waals surface area contributed by atoms with Gasteiger partial charge in [-0.2, -0.15) is 0 Å². The van der Waals surface area contributed by atoms with Crippen molar-refractivity contribution < 1.29 is 0 Å². The summed E-state index contributed by atoms with van der Waals surface area (Å²) in [6, 6.07) is 1.87. The molecule has 92 valence electrons. The molecule has 3 rings (SSSR count). The highest BCUT2D eigenvalue weighted by atomic mass is 16.1. The van der Waals surface area contributed by atoms with Crippen molar-refractivity contribution in [3.05, 3.63) is 45.6 Å². The summed E-state index contributed by atoms with van der Waals surface area (Å²) in [4.78, 5) is 23.5. The third-order valence-electron chi connectivity index (χ3n) is 3.22. The van der Waals surface area contributed by atoms with Crippen LogP contribution >= 0.6 is 0 Å². The Labute approximate surface area is 104 Å². The predicted molar refractivity (Wildman–Crippen MR) is 68.2 cm³/mol. The quantitative estimate of drug-likeness (QED) is 0.775. The van der Waals surface area contributed by atoms with Crippen LogP contribution in [0.5, 0.6) is 0 Å². The molecule has 0 spiro atoms. The van der Waals surface area contributed by atoms with Crippen molar-refractivity contribution in [2.24, 2.45) is 0 Å². The molecule has 0 amide bonds. The molecule has 0 saturated heterocycles. The second-order valence-electron chi connectivity index (χ2n) is 4.46. The van der Waals surface area contributed by atoms with Gasteiger partial charge in [0.15, 0.2) is 0 Å². The second-order valence-corrected chi connectivity index (χ2v) is 4.46. The van der Waals surface area contributed by atoms with Crippen molar-refractivity contribution >= 4 is 0 Å². The molecular formula is C13H14N4O. The summed E-state index contributed by atoms with van der Waals surface area (Å²) in [6.45, 7) is 3.46. The van der Waals surface area contributed by atoms with Crippen LogP contribution in [0.2, 0.25) is 0 Å². The lowest BCUT2D eigenvalue weighted by Crippen LogP contribution is -2.31. The molecule has 0 aliphatic carbocycles. The van der Waals surface area contributed by atoms with Gasteiger partial charge in [0.1, 0.15) is 5.82 Å². The summed E-state index contributed by atoms with van der Waals surface area (Å²) in [5.74, 6) is 0.627. The van der Waals surface area contributed by atoms with Crippen LogP contribution in [0.15, 0.2) is 23.3 Å². The third-order valence-corrected chi connectivity index (χ3v) is 3.22. The molecule has 2 N–H and O–H groups in total. The minimum absolute atomic E-state index is 0.0206. The molecule has 0 unspecified atom stereocenters. The number of fused-ring (bicyclic) bond motifs is 1. The maximum absolute atomic E-state index is 12.0. The molecule has 2 aromatic heterocycles. The standard InChI is InChI=1S/C13H14N4O/c1-8-6-14-4-2-9(8)12-16-11-7-15-5-3-10(11)13(18)17-12/h2,4,6,15H,3,5,7H2,1H3,(H,16,17,18). The van der Waals surface area contributed by atoms with Gasteiger partial charge in [-0.25, -0.2) is 4.98 Å². The minimum Gasteiger partial charge on any atom is -0.311 e. The SMILES string of the molecule is Cc1cnccc1-c1nc2c(c(=O)[nH]1)CCNC2. The van der Waals surface area contributed by atoms with E-state index < -0.39 is 0 Å². The van der Waals surface area contributed by atoms with Gasteiger partial charge in [0.25, 0.3) is 5.56 Å². The van der Waals surface area contributed by atoms with E-state index in [2.05, 4.69) is 20.3 Å². The lowest BCUT2D eigenvalue weighted by molar-refractivity contribution is 0.619. The van der Waals surface area contributed by atoms with E-state index in [0.29, 0.717) is 12.4 Å². The zero-order valence-electron chi connectivity index (χ0n) is 10.2. The Morgan fingerprint density at radius 3 is 3.11 bits per heavy atom. The summed E-state index contributed by atoms with van der Waals surface area (Å²) in [6.07, 6.45) is 4.22. The summed E-state index contributed by atoms with van der Waals surface area (Å²) in [7, 11) is 0. The molecule has 5 nitrogen and oxygen atoms in total. The van der Waals surface area contributed by atoms with Crippen molar-refractivity contribution in [1.29, 1.82) is 0 Å². The molecule has 1 aliphatic rings. The highest BCUT2D eigenvalue weighted by Gasteiger charge is 2.16. The number of nitrogens with zero attached hydrogens (tertiary/aromatic N) is 2. The number of aromatic amines is 1. The van der Waals surface area contributed by atoms with Gasteiger partial charge in [-0.05, 0) is 31.5 Å². The van der Waals surface area contributed by atoms with Crippen LogP contribution in [-0.4, -0.2) is 21.5 Å². The highest BCUT2D eigenvalue weighted by molar-refractivity contribution is 5.58. The Morgan fingerprint density at radius 2 is 2.28 bits per heavy atom. The number of aryl methyl sites for hydroxylation is 1. The van der Waals surface area contributed by atoms with Gasteiger partial charge in [0, 0.05) is 30.1 Å². The van der Waals surface area contributed by atoms with Gasteiger partial charge in [-0.15, -0.1) is 0 Å². The van der Waals surface area contributed by atoms with Crippen LogP contribution in [0.4, 0.5) is 0 Å². The van der Waals surface area contributed by atoms with Crippen molar-refractivity contribution in [3.8, 4) is 11.4 Å². The van der Waals surface area contributed by atoms with E-state index in [0.717, 1.165) is 35.3 Å². The fraction of sp³-hybridized carbons (Fsp3) is 0.308. The first-order valence-corrected chi connectivity index (χ1v) is 5.99. The Morgan fingerprint density at radius 1 is 1.39 bits per heavy atom. The van der Waals surface area contributed by atoms with Crippen LogP contribution in [0.3, 0.4) is 0 Å². The fourth-order valence-electron chi connectivity index (χ4n) is 2.24. The number of nitrogens with one attached hydrogen (secondary N) is 2. The minimum atomic E-state index is -0.0206. The van der Waals surface area contributed by atoms with Crippen molar-refractivity contribution in [3.63, 3.8) is 0 Å². The lowest BCUT2D eigenvalue weighted by atomic mass is 10.1. The lowest BCUT2D eigenvalue weighted by Gasteiger charge is -2.16. The molecule has 0 bridgehead atoms. The third kappa shape index (κ3) is 1.82. The zero-order valence-corrected chi connectivity index (χ0v) is 10.2. The normalized spacial score (nSPS) is 14.3. The van der Waals surface area contributed by atoms with E-state index in [1.165, 1.54) is 0 Å². The maximum Gasteiger partial charge on any atom is 0.254 e.